The van der Waals surface area contributed by atoms with E-state index in [-0.39, 0.29) is 12.5 Å². The molecule has 0 unspecified atom stereocenters. The highest BCUT2D eigenvalue weighted by molar-refractivity contribution is 5.93. The molecule has 1 saturated heterocycles. The zero-order valence-corrected chi connectivity index (χ0v) is 16.7. The Bertz CT molecular complexity index is 859. The third-order valence-electron chi connectivity index (χ3n) is 5.28. The van der Waals surface area contributed by atoms with Crippen LogP contribution in [0.25, 0.3) is 0 Å². The van der Waals surface area contributed by atoms with Crippen LogP contribution in [0.15, 0.2) is 42.5 Å². The molecular weight excluding hydrogens is 379 g/mol. The molecule has 7 heteroatoms. The van der Waals surface area contributed by atoms with Gasteiger partial charge in [0.15, 0.2) is 0 Å². The van der Waals surface area contributed by atoms with E-state index in [1.807, 2.05) is 34.9 Å². The maximum Gasteiger partial charge on any atom is 0.416 e. The van der Waals surface area contributed by atoms with Gasteiger partial charge in [-0.15, -0.1) is 0 Å². The number of benzene rings is 2. The number of piperazine rings is 1. The van der Waals surface area contributed by atoms with Crippen molar-refractivity contribution in [1.82, 2.24) is 4.90 Å². The van der Waals surface area contributed by atoms with Crippen molar-refractivity contribution in [3.05, 3.63) is 59.2 Å². The van der Waals surface area contributed by atoms with Crippen LogP contribution in [-0.2, 0) is 17.4 Å². The first-order valence-electron chi connectivity index (χ1n) is 9.81. The van der Waals surface area contributed by atoms with Crippen LogP contribution in [0.5, 0.6) is 0 Å². The largest absolute Gasteiger partial charge is 0.416 e. The van der Waals surface area contributed by atoms with Gasteiger partial charge in [-0.3, -0.25) is 9.69 Å². The van der Waals surface area contributed by atoms with E-state index in [1.165, 1.54) is 12.1 Å². The van der Waals surface area contributed by atoms with Crippen molar-refractivity contribution in [2.45, 2.75) is 26.4 Å². The van der Waals surface area contributed by atoms with E-state index in [4.69, 9.17) is 0 Å². The van der Waals surface area contributed by atoms with Gasteiger partial charge in [-0.05, 0) is 42.7 Å². The lowest BCUT2D eigenvalue weighted by molar-refractivity contribution is -0.137. The number of alkyl halides is 3. The van der Waals surface area contributed by atoms with Crippen molar-refractivity contribution in [1.29, 1.82) is 0 Å². The molecule has 1 heterocycles. The summed E-state index contributed by atoms with van der Waals surface area (Å²) in [5.74, 6) is -0.0680. The number of nitrogens with one attached hydrogen (secondary N) is 1. The van der Waals surface area contributed by atoms with Crippen molar-refractivity contribution in [3.63, 3.8) is 0 Å². The summed E-state index contributed by atoms with van der Waals surface area (Å²) in [6, 6.07) is 11.4. The van der Waals surface area contributed by atoms with E-state index in [2.05, 4.69) is 12.2 Å². The Balaban J connectivity index is 1.56. The van der Waals surface area contributed by atoms with Crippen molar-refractivity contribution < 1.29 is 18.0 Å². The average molecular weight is 405 g/mol. The zero-order valence-electron chi connectivity index (χ0n) is 16.7. The predicted octanol–water partition coefficient (Wildman–Crippen LogP) is 4.34. The molecule has 2 aromatic carbocycles. The summed E-state index contributed by atoms with van der Waals surface area (Å²) in [5.41, 5.74) is 2.94. The van der Waals surface area contributed by atoms with Crippen molar-refractivity contribution in [2.24, 2.45) is 0 Å². The first-order valence-corrected chi connectivity index (χ1v) is 9.81. The predicted molar refractivity (Wildman–Crippen MR) is 109 cm³/mol. The molecular formula is C22H26F3N3O. The third-order valence-corrected chi connectivity index (χ3v) is 5.28. The zero-order chi connectivity index (χ0) is 21.0. The topological polar surface area (TPSA) is 35.6 Å². The number of hydrogen-bond donors (Lipinski definition) is 1. The van der Waals surface area contributed by atoms with Crippen LogP contribution < -0.4 is 10.2 Å². The summed E-state index contributed by atoms with van der Waals surface area (Å²) in [4.78, 5) is 16.5. The first kappa shape index (κ1) is 21.2. The van der Waals surface area contributed by atoms with Crippen LogP contribution >= 0.6 is 0 Å². The first-order chi connectivity index (χ1) is 13.8. The second-order valence-electron chi connectivity index (χ2n) is 7.32. The SMILES string of the molecule is CCc1cccc(C)c1NC(=O)CN1CCN(c2cccc(C(F)(F)F)c2)CC1. The molecule has 1 N–H and O–H groups in total. The molecule has 156 valence electrons. The molecule has 1 fully saturated rings. The quantitative estimate of drug-likeness (QED) is 0.804. The number of anilines is 2. The van der Waals surface area contributed by atoms with Crippen LogP contribution in [0.1, 0.15) is 23.6 Å². The van der Waals surface area contributed by atoms with E-state index in [9.17, 15) is 18.0 Å². The van der Waals surface area contributed by atoms with Gasteiger partial charge in [-0.2, -0.15) is 13.2 Å². The second-order valence-corrected chi connectivity index (χ2v) is 7.32. The highest BCUT2D eigenvalue weighted by atomic mass is 19.4. The Labute approximate surface area is 169 Å². The van der Waals surface area contributed by atoms with Gasteiger partial charge in [0, 0.05) is 37.6 Å². The summed E-state index contributed by atoms with van der Waals surface area (Å²) in [7, 11) is 0. The monoisotopic (exact) mass is 405 g/mol. The molecule has 4 nitrogen and oxygen atoms in total. The molecule has 2 aromatic rings. The molecule has 0 bridgehead atoms. The molecule has 3 rings (SSSR count). The molecule has 0 atom stereocenters. The Morgan fingerprint density at radius 1 is 1.07 bits per heavy atom. The van der Waals surface area contributed by atoms with Gasteiger partial charge in [0.2, 0.25) is 5.91 Å². The molecule has 0 aliphatic carbocycles. The number of rotatable bonds is 5. The summed E-state index contributed by atoms with van der Waals surface area (Å²) in [5, 5.41) is 3.02. The maximum absolute atomic E-state index is 12.9. The second kappa shape index (κ2) is 8.86. The molecule has 0 aromatic heterocycles. The van der Waals surface area contributed by atoms with Gasteiger partial charge < -0.3 is 10.2 Å². The summed E-state index contributed by atoms with van der Waals surface area (Å²) >= 11 is 0. The van der Waals surface area contributed by atoms with Gasteiger partial charge >= 0.3 is 6.18 Å². The van der Waals surface area contributed by atoms with Crippen molar-refractivity contribution in [3.8, 4) is 0 Å². The summed E-state index contributed by atoms with van der Waals surface area (Å²) in [6.45, 7) is 6.71. The number of halogens is 3. The molecule has 1 aliphatic heterocycles. The fourth-order valence-electron chi connectivity index (χ4n) is 3.63. The number of para-hydroxylation sites is 1. The van der Waals surface area contributed by atoms with Gasteiger partial charge in [0.25, 0.3) is 0 Å². The van der Waals surface area contributed by atoms with Crippen LogP contribution in [0.3, 0.4) is 0 Å². The van der Waals surface area contributed by atoms with Gasteiger partial charge in [-0.25, -0.2) is 0 Å². The summed E-state index contributed by atoms with van der Waals surface area (Å²) in [6.07, 6.45) is -3.50. The Morgan fingerprint density at radius 2 is 1.76 bits per heavy atom. The number of carbonyl (C=O) groups excluding carboxylic acids is 1. The lowest BCUT2D eigenvalue weighted by atomic mass is 10.1. The minimum absolute atomic E-state index is 0.0680. The van der Waals surface area contributed by atoms with Gasteiger partial charge in [-0.1, -0.05) is 31.2 Å². The van der Waals surface area contributed by atoms with Crippen molar-refractivity contribution >= 4 is 17.3 Å². The van der Waals surface area contributed by atoms with Gasteiger partial charge in [0.05, 0.1) is 12.1 Å². The lowest BCUT2D eigenvalue weighted by Crippen LogP contribution is -2.48. The third kappa shape index (κ3) is 5.29. The molecule has 0 spiro atoms. The highest BCUT2D eigenvalue weighted by Gasteiger charge is 2.31. The van der Waals surface area contributed by atoms with E-state index >= 15 is 0 Å². The smallest absolute Gasteiger partial charge is 0.369 e. The van der Waals surface area contributed by atoms with Gasteiger partial charge in [0.1, 0.15) is 0 Å². The van der Waals surface area contributed by atoms with E-state index in [0.29, 0.717) is 31.9 Å². The Hall–Kier alpha value is -2.54. The molecule has 29 heavy (non-hydrogen) atoms. The van der Waals surface area contributed by atoms with E-state index in [0.717, 1.165) is 29.3 Å². The minimum atomic E-state index is -4.34. The Kier molecular flexibility index (Phi) is 6.47. The molecule has 1 aliphatic rings. The van der Waals surface area contributed by atoms with Crippen molar-refractivity contribution in [2.75, 3.05) is 42.9 Å². The Morgan fingerprint density at radius 3 is 2.41 bits per heavy atom. The van der Waals surface area contributed by atoms with Crippen LogP contribution in [0.4, 0.5) is 24.5 Å². The van der Waals surface area contributed by atoms with E-state index in [1.54, 1.807) is 6.07 Å². The van der Waals surface area contributed by atoms with Crippen LogP contribution in [-0.4, -0.2) is 43.5 Å². The maximum atomic E-state index is 12.9. The number of aryl methyl sites for hydroxylation is 2. The number of amides is 1. The molecule has 0 saturated carbocycles. The lowest BCUT2D eigenvalue weighted by Gasteiger charge is -2.36. The van der Waals surface area contributed by atoms with E-state index < -0.39 is 11.7 Å². The molecule has 1 amide bonds. The number of carbonyl (C=O) groups is 1. The fraction of sp³-hybridized carbons (Fsp3) is 0.409. The average Bonchev–Trinajstić information content (AvgIpc) is 2.69. The highest BCUT2D eigenvalue weighted by Crippen LogP contribution is 2.31. The normalized spacial score (nSPS) is 15.4. The fourth-order valence-corrected chi connectivity index (χ4v) is 3.63. The minimum Gasteiger partial charge on any atom is -0.369 e. The van der Waals surface area contributed by atoms with Crippen LogP contribution in [0.2, 0.25) is 0 Å². The number of hydrogen-bond acceptors (Lipinski definition) is 3. The van der Waals surface area contributed by atoms with Crippen LogP contribution in [0, 0.1) is 6.92 Å². The molecule has 0 radical (unpaired) electrons. The number of nitrogens with zero attached hydrogens (tertiary/aromatic N) is 2. The summed E-state index contributed by atoms with van der Waals surface area (Å²) < 4.78 is 38.8. The standard InChI is InChI=1S/C22H26F3N3O/c1-3-17-7-4-6-16(2)21(17)26-20(29)15-27-10-12-28(13-11-27)19-9-5-8-18(14-19)22(23,24)25/h4-9,14H,3,10-13,15H2,1-2H3,(H,26,29).